The van der Waals surface area contributed by atoms with Crippen LogP contribution in [0.4, 0.5) is 4.39 Å². The predicted molar refractivity (Wildman–Crippen MR) is 54.3 cm³/mol. The van der Waals surface area contributed by atoms with Gasteiger partial charge in [-0.25, -0.2) is 4.39 Å². The molecular formula is C11H22FN. The third-order valence-corrected chi connectivity index (χ3v) is 3.56. The maximum atomic E-state index is 14.4. The van der Waals surface area contributed by atoms with Gasteiger partial charge in [0.2, 0.25) is 0 Å². The lowest BCUT2D eigenvalue weighted by Crippen LogP contribution is -2.46. The van der Waals surface area contributed by atoms with Crippen molar-refractivity contribution >= 4 is 0 Å². The second-order valence-electron chi connectivity index (χ2n) is 4.62. The van der Waals surface area contributed by atoms with Crippen molar-refractivity contribution in [1.82, 2.24) is 0 Å². The van der Waals surface area contributed by atoms with Crippen molar-refractivity contribution in [1.29, 1.82) is 0 Å². The number of nitrogens with two attached hydrogens (primary N) is 1. The molecule has 13 heavy (non-hydrogen) atoms. The van der Waals surface area contributed by atoms with Crippen LogP contribution in [-0.2, 0) is 0 Å². The van der Waals surface area contributed by atoms with E-state index in [2.05, 4.69) is 0 Å². The summed E-state index contributed by atoms with van der Waals surface area (Å²) in [6.45, 7) is 4.08. The summed E-state index contributed by atoms with van der Waals surface area (Å²) in [7, 11) is 0. The quantitative estimate of drug-likeness (QED) is 0.722. The Kier molecular flexibility index (Phi) is 3.72. The Hall–Kier alpha value is -0.110. The van der Waals surface area contributed by atoms with E-state index in [0.29, 0.717) is 0 Å². The first-order chi connectivity index (χ1) is 6.11. The Morgan fingerprint density at radius 3 is 2.23 bits per heavy atom. The molecule has 0 radical (unpaired) electrons. The van der Waals surface area contributed by atoms with Crippen molar-refractivity contribution in [3.05, 3.63) is 0 Å². The van der Waals surface area contributed by atoms with E-state index in [1.54, 1.807) is 0 Å². The van der Waals surface area contributed by atoms with Gasteiger partial charge < -0.3 is 5.73 Å². The average molecular weight is 187 g/mol. The fourth-order valence-corrected chi connectivity index (χ4v) is 2.46. The predicted octanol–water partition coefficient (Wildman–Crippen LogP) is 2.89. The fraction of sp³-hybridized carbons (Fsp3) is 1.00. The molecule has 0 aromatic rings. The number of hydrogen-bond acceptors (Lipinski definition) is 1. The van der Waals surface area contributed by atoms with E-state index in [9.17, 15) is 4.39 Å². The molecule has 1 rings (SSSR count). The molecule has 1 aliphatic rings. The lowest BCUT2D eigenvalue weighted by molar-refractivity contribution is 0.0195. The summed E-state index contributed by atoms with van der Waals surface area (Å²) in [5, 5.41) is 0. The minimum Gasteiger partial charge on any atom is -0.328 e. The zero-order valence-corrected chi connectivity index (χ0v) is 8.85. The van der Waals surface area contributed by atoms with Gasteiger partial charge in [-0.1, -0.05) is 33.1 Å². The first kappa shape index (κ1) is 11.0. The van der Waals surface area contributed by atoms with E-state index < -0.39 is 5.67 Å². The van der Waals surface area contributed by atoms with Crippen LogP contribution in [0.2, 0.25) is 0 Å². The topological polar surface area (TPSA) is 26.0 Å². The molecule has 1 unspecified atom stereocenters. The zero-order chi connectivity index (χ0) is 9.90. The van der Waals surface area contributed by atoms with E-state index >= 15 is 0 Å². The lowest BCUT2D eigenvalue weighted by Gasteiger charge is -2.38. The van der Waals surface area contributed by atoms with Crippen molar-refractivity contribution in [3.8, 4) is 0 Å². The molecule has 0 aromatic heterocycles. The Labute approximate surface area is 80.9 Å². The molecule has 1 atom stereocenters. The lowest BCUT2D eigenvalue weighted by atomic mass is 9.73. The van der Waals surface area contributed by atoms with Crippen molar-refractivity contribution in [3.63, 3.8) is 0 Å². The molecule has 0 aliphatic heterocycles. The van der Waals surface area contributed by atoms with E-state index in [1.807, 2.05) is 13.8 Å². The van der Waals surface area contributed by atoms with Crippen LogP contribution in [0.25, 0.3) is 0 Å². The van der Waals surface area contributed by atoms with Gasteiger partial charge in [0.25, 0.3) is 0 Å². The van der Waals surface area contributed by atoms with Gasteiger partial charge in [0, 0.05) is 6.54 Å². The maximum absolute atomic E-state index is 14.4. The van der Waals surface area contributed by atoms with Crippen molar-refractivity contribution in [2.45, 2.75) is 51.6 Å². The molecule has 1 aliphatic carbocycles. The highest BCUT2D eigenvalue weighted by atomic mass is 19.1. The maximum Gasteiger partial charge on any atom is 0.128 e. The third-order valence-electron chi connectivity index (χ3n) is 3.56. The van der Waals surface area contributed by atoms with Crippen LogP contribution in [0.1, 0.15) is 46.0 Å². The van der Waals surface area contributed by atoms with Gasteiger partial charge in [0.1, 0.15) is 5.67 Å². The van der Waals surface area contributed by atoms with Gasteiger partial charge >= 0.3 is 0 Å². The number of halogens is 1. The molecule has 0 bridgehead atoms. The molecule has 0 saturated heterocycles. The molecule has 0 heterocycles. The van der Waals surface area contributed by atoms with E-state index in [-0.39, 0.29) is 18.4 Å². The van der Waals surface area contributed by atoms with Crippen molar-refractivity contribution in [2.75, 3.05) is 6.54 Å². The smallest absolute Gasteiger partial charge is 0.128 e. The van der Waals surface area contributed by atoms with E-state index in [0.717, 1.165) is 12.8 Å². The minimum absolute atomic E-state index is 0.0561. The Morgan fingerprint density at radius 1 is 1.31 bits per heavy atom. The van der Waals surface area contributed by atoms with Crippen molar-refractivity contribution in [2.24, 2.45) is 17.6 Å². The van der Waals surface area contributed by atoms with Gasteiger partial charge in [0.15, 0.2) is 0 Å². The van der Waals surface area contributed by atoms with Gasteiger partial charge in [-0.15, -0.1) is 0 Å². The second-order valence-corrected chi connectivity index (χ2v) is 4.62. The Morgan fingerprint density at radius 2 is 1.85 bits per heavy atom. The monoisotopic (exact) mass is 187 g/mol. The Balaban J connectivity index is 2.62. The second kappa shape index (κ2) is 4.41. The Bertz CT molecular complexity index is 152. The first-order valence-electron chi connectivity index (χ1n) is 5.50. The molecule has 0 spiro atoms. The van der Waals surface area contributed by atoms with Crippen LogP contribution in [-0.4, -0.2) is 12.2 Å². The van der Waals surface area contributed by atoms with Crippen LogP contribution in [0, 0.1) is 11.8 Å². The molecule has 0 amide bonds. The molecular weight excluding hydrogens is 165 g/mol. The highest BCUT2D eigenvalue weighted by Crippen LogP contribution is 2.39. The van der Waals surface area contributed by atoms with Gasteiger partial charge in [-0.3, -0.25) is 0 Å². The minimum atomic E-state index is -1.11. The molecule has 0 aromatic carbocycles. The van der Waals surface area contributed by atoms with Gasteiger partial charge in [-0.05, 0) is 24.7 Å². The number of rotatable bonds is 3. The van der Waals surface area contributed by atoms with E-state index in [4.69, 9.17) is 5.73 Å². The van der Waals surface area contributed by atoms with Gasteiger partial charge in [0.05, 0.1) is 0 Å². The fourth-order valence-electron chi connectivity index (χ4n) is 2.46. The average Bonchev–Trinajstić information content (AvgIpc) is 2.17. The zero-order valence-electron chi connectivity index (χ0n) is 8.85. The molecule has 1 nitrogen and oxygen atoms in total. The van der Waals surface area contributed by atoms with Gasteiger partial charge in [-0.2, -0.15) is 0 Å². The summed E-state index contributed by atoms with van der Waals surface area (Å²) in [5.74, 6) is 0.270. The standard InChI is InChI=1S/C11H22FN/c1-9(2)11(12,8-13)10-6-4-3-5-7-10/h9-10H,3-8,13H2,1-2H3. The van der Waals surface area contributed by atoms with Crippen LogP contribution >= 0.6 is 0 Å². The molecule has 1 saturated carbocycles. The number of hydrogen-bond donors (Lipinski definition) is 1. The summed E-state index contributed by atoms with van der Waals surface area (Å²) in [5.41, 5.74) is 4.45. The molecule has 2 heteroatoms. The summed E-state index contributed by atoms with van der Waals surface area (Å²) < 4.78 is 14.4. The molecule has 1 fully saturated rings. The third kappa shape index (κ3) is 2.22. The molecule has 2 N–H and O–H groups in total. The summed E-state index contributed by atoms with van der Waals surface area (Å²) >= 11 is 0. The highest BCUT2D eigenvalue weighted by Gasteiger charge is 2.40. The normalized spacial score (nSPS) is 24.7. The summed E-state index contributed by atoms with van der Waals surface area (Å²) in [6.07, 6.45) is 5.71. The van der Waals surface area contributed by atoms with Crippen LogP contribution in [0.5, 0.6) is 0 Å². The summed E-state index contributed by atoms with van der Waals surface area (Å²) in [6, 6.07) is 0. The van der Waals surface area contributed by atoms with Crippen LogP contribution in [0.15, 0.2) is 0 Å². The molecule has 78 valence electrons. The van der Waals surface area contributed by atoms with Crippen molar-refractivity contribution < 1.29 is 4.39 Å². The largest absolute Gasteiger partial charge is 0.328 e. The van der Waals surface area contributed by atoms with Crippen LogP contribution in [0.3, 0.4) is 0 Å². The summed E-state index contributed by atoms with van der Waals surface area (Å²) in [4.78, 5) is 0. The highest BCUT2D eigenvalue weighted by molar-refractivity contribution is 4.91. The van der Waals surface area contributed by atoms with E-state index in [1.165, 1.54) is 19.3 Å². The SMILES string of the molecule is CC(C)C(F)(CN)C1CCCCC1. The number of alkyl halides is 1. The van der Waals surface area contributed by atoms with Crippen LogP contribution < -0.4 is 5.73 Å². The first-order valence-corrected chi connectivity index (χ1v) is 5.50.